The van der Waals surface area contributed by atoms with E-state index in [4.69, 9.17) is 9.47 Å². The third kappa shape index (κ3) is 3.78. The van der Waals surface area contributed by atoms with Crippen molar-refractivity contribution in [3.05, 3.63) is 35.9 Å². The van der Waals surface area contributed by atoms with E-state index < -0.39 is 5.79 Å². The molecule has 0 radical (unpaired) electrons. The number of ether oxygens (including phenoxy) is 2. The van der Waals surface area contributed by atoms with E-state index in [1.54, 1.807) is 0 Å². The molecule has 1 saturated heterocycles. The highest BCUT2D eigenvalue weighted by atomic mass is 16.7. The van der Waals surface area contributed by atoms with Crippen LogP contribution in [0.2, 0.25) is 0 Å². The first-order valence-corrected chi connectivity index (χ1v) is 7.29. The molecule has 106 valence electrons. The van der Waals surface area contributed by atoms with E-state index in [2.05, 4.69) is 31.0 Å². The molecule has 1 fully saturated rings. The van der Waals surface area contributed by atoms with Crippen LogP contribution in [0.3, 0.4) is 0 Å². The molecule has 1 atom stereocenters. The monoisotopic (exact) mass is 263 g/mol. The number of rotatable bonds is 6. The number of benzene rings is 1. The Kier molecular flexibility index (Phi) is 5.37. The van der Waals surface area contributed by atoms with Crippen molar-refractivity contribution in [2.45, 2.75) is 32.0 Å². The van der Waals surface area contributed by atoms with Crippen LogP contribution in [0.15, 0.2) is 30.3 Å². The summed E-state index contributed by atoms with van der Waals surface area (Å²) < 4.78 is 12.2. The standard InChI is InChI=1S/C16H25NO2/c1-3-4-8-12-18-16(14-17(2)11-13-19-16)15-9-6-5-7-10-15/h5-7,9-10H,3-4,8,11-14H2,1-2H3. The Bertz CT molecular complexity index is 368. The molecule has 0 spiro atoms. The predicted octanol–water partition coefficient (Wildman–Crippen LogP) is 3.01. The Morgan fingerprint density at radius 3 is 2.74 bits per heavy atom. The highest BCUT2D eigenvalue weighted by molar-refractivity contribution is 5.21. The minimum Gasteiger partial charge on any atom is -0.345 e. The molecule has 1 aromatic rings. The van der Waals surface area contributed by atoms with Gasteiger partial charge in [0.15, 0.2) is 0 Å². The van der Waals surface area contributed by atoms with Gasteiger partial charge in [-0.3, -0.25) is 4.90 Å². The molecule has 0 N–H and O–H groups in total. The fourth-order valence-electron chi connectivity index (χ4n) is 2.47. The lowest BCUT2D eigenvalue weighted by Crippen LogP contribution is -2.50. The molecular formula is C16H25NO2. The zero-order valence-corrected chi connectivity index (χ0v) is 12.1. The van der Waals surface area contributed by atoms with Gasteiger partial charge in [0.05, 0.1) is 19.8 Å². The van der Waals surface area contributed by atoms with Gasteiger partial charge >= 0.3 is 0 Å². The van der Waals surface area contributed by atoms with Gasteiger partial charge in [0, 0.05) is 12.1 Å². The Morgan fingerprint density at radius 2 is 2.05 bits per heavy atom. The highest BCUT2D eigenvalue weighted by Crippen LogP contribution is 2.31. The van der Waals surface area contributed by atoms with Crippen molar-refractivity contribution in [1.29, 1.82) is 0 Å². The normalized spacial score (nSPS) is 24.5. The summed E-state index contributed by atoms with van der Waals surface area (Å²) in [5.41, 5.74) is 1.12. The van der Waals surface area contributed by atoms with Crippen LogP contribution < -0.4 is 0 Å². The number of hydrogen-bond donors (Lipinski definition) is 0. The second-order valence-corrected chi connectivity index (χ2v) is 5.26. The van der Waals surface area contributed by atoms with Crippen LogP contribution in [-0.2, 0) is 15.3 Å². The molecule has 0 aliphatic carbocycles. The van der Waals surface area contributed by atoms with Crippen molar-refractivity contribution >= 4 is 0 Å². The van der Waals surface area contributed by atoms with Crippen LogP contribution >= 0.6 is 0 Å². The summed E-state index contributed by atoms with van der Waals surface area (Å²) in [4.78, 5) is 2.27. The topological polar surface area (TPSA) is 21.7 Å². The van der Waals surface area contributed by atoms with Crippen molar-refractivity contribution in [3.8, 4) is 0 Å². The maximum atomic E-state index is 6.17. The van der Waals surface area contributed by atoms with Gasteiger partial charge in [0.1, 0.15) is 0 Å². The van der Waals surface area contributed by atoms with Gasteiger partial charge in [0.25, 0.3) is 0 Å². The molecule has 0 saturated carbocycles. The first-order valence-electron chi connectivity index (χ1n) is 7.29. The Morgan fingerprint density at radius 1 is 1.26 bits per heavy atom. The molecule has 2 rings (SSSR count). The van der Waals surface area contributed by atoms with Crippen LogP contribution in [0.25, 0.3) is 0 Å². The van der Waals surface area contributed by atoms with Gasteiger partial charge in [-0.25, -0.2) is 0 Å². The number of nitrogens with zero attached hydrogens (tertiary/aromatic N) is 1. The van der Waals surface area contributed by atoms with Crippen LogP contribution in [0.5, 0.6) is 0 Å². The number of hydrogen-bond acceptors (Lipinski definition) is 3. The first-order chi connectivity index (χ1) is 9.27. The smallest absolute Gasteiger partial charge is 0.208 e. The largest absolute Gasteiger partial charge is 0.345 e. The molecule has 3 nitrogen and oxygen atoms in total. The van der Waals surface area contributed by atoms with Crippen molar-refractivity contribution in [1.82, 2.24) is 4.90 Å². The lowest BCUT2D eigenvalue weighted by atomic mass is 10.0. The maximum Gasteiger partial charge on any atom is 0.208 e. The molecule has 1 unspecified atom stereocenters. The van der Waals surface area contributed by atoms with Crippen LogP contribution in [0, 0.1) is 0 Å². The lowest BCUT2D eigenvalue weighted by Gasteiger charge is -2.41. The Hall–Kier alpha value is -0.900. The lowest BCUT2D eigenvalue weighted by molar-refractivity contribution is -0.274. The van der Waals surface area contributed by atoms with E-state index in [0.717, 1.165) is 38.3 Å². The minimum absolute atomic E-state index is 0.581. The molecule has 1 aromatic carbocycles. The van der Waals surface area contributed by atoms with Gasteiger partial charge in [-0.15, -0.1) is 0 Å². The number of unbranched alkanes of at least 4 members (excludes halogenated alkanes) is 2. The fraction of sp³-hybridized carbons (Fsp3) is 0.625. The third-order valence-electron chi connectivity index (χ3n) is 3.58. The molecule has 1 heterocycles. The number of morpholine rings is 1. The second kappa shape index (κ2) is 7.04. The van der Waals surface area contributed by atoms with E-state index in [1.165, 1.54) is 12.8 Å². The molecule has 0 aromatic heterocycles. The summed E-state index contributed by atoms with van der Waals surface area (Å²) >= 11 is 0. The molecule has 1 aliphatic rings. The predicted molar refractivity (Wildman–Crippen MR) is 77.0 cm³/mol. The van der Waals surface area contributed by atoms with Crippen LogP contribution in [0.4, 0.5) is 0 Å². The number of likely N-dealkylation sites (N-methyl/N-ethyl adjacent to an activating group) is 1. The fourth-order valence-corrected chi connectivity index (χ4v) is 2.47. The van der Waals surface area contributed by atoms with Gasteiger partial charge in [-0.2, -0.15) is 0 Å². The van der Waals surface area contributed by atoms with Crippen molar-refractivity contribution in [2.24, 2.45) is 0 Å². The van der Waals surface area contributed by atoms with Gasteiger partial charge < -0.3 is 9.47 Å². The van der Waals surface area contributed by atoms with Gasteiger partial charge in [-0.1, -0.05) is 50.1 Å². The van der Waals surface area contributed by atoms with Crippen LogP contribution in [0.1, 0.15) is 31.7 Å². The summed E-state index contributed by atoms with van der Waals surface area (Å²) in [6, 6.07) is 10.3. The molecular weight excluding hydrogens is 238 g/mol. The van der Waals surface area contributed by atoms with Crippen molar-refractivity contribution in [3.63, 3.8) is 0 Å². The van der Waals surface area contributed by atoms with Gasteiger partial charge in [0.2, 0.25) is 5.79 Å². The average Bonchev–Trinajstić information content (AvgIpc) is 2.45. The van der Waals surface area contributed by atoms with E-state index in [1.807, 2.05) is 18.2 Å². The summed E-state index contributed by atoms with van der Waals surface area (Å²) in [6.45, 7) is 5.45. The van der Waals surface area contributed by atoms with Crippen molar-refractivity contribution < 1.29 is 9.47 Å². The molecule has 1 aliphatic heterocycles. The summed E-state index contributed by atoms with van der Waals surface area (Å²) in [6.07, 6.45) is 3.52. The highest BCUT2D eigenvalue weighted by Gasteiger charge is 2.38. The maximum absolute atomic E-state index is 6.17. The molecule has 0 amide bonds. The Labute approximate surface area is 116 Å². The summed E-state index contributed by atoms with van der Waals surface area (Å²) in [5.74, 6) is -0.581. The minimum atomic E-state index is -0.581. The summed E-state index contributed by atoms with van der Waals surface area (Å²) in [5, 5.41) is 0. The van der Waals surface area contributed by atoms with Crippen molar-refractivity contribution in [2.75, 3.05) is 33.4 Å². The molecule has 0 bridgehead atoms. The first kappa shape index (κ1) is 14.5. The van der Waals surface area contributed by atoms with E-state index in [9.17, 15) is 0 Å². The second-order valence-electron chi connectivity index (χ2n) is 5.26. The van der Waals surface area contributed by atoms with Crippen LogP contribution in [-0.4, -0.2) is 38.3 Å². The summed E-state index contributed by atoms with van der Waals surface area (Å²) in [7, 11) is 2.12. The van der Waals surface area contributed by atoms with Gasteiger partial charge in [-0.05, 0) is 13.5 Å². The molecule has 19 heavy (non-hydrogen) atoms. The van der Waals surface area contributed by atoms with E-state index >= 15 is 0 Å². The third-order valence-corrected chi connectivity index (χ3v) is 3.58. The van der Waals surface area contributed by atoms with E-state index in [0.29, 0.717) is 0 Å². The zero-order valence-electron chi connectivity index (χ0n) is 12.1. The Balaban J connectivity index is 2.09. The average molecular weight is 263 g/mol. The quantitative estimate of drug-likeness (QED) is 0.736. The van der Waals surface area contributed by atoms with E-state index in [-0.39, 0.29) is 0 Å². The molecule has 3 heteroatoms. The zero-order chi connectivity index (χ0) is 13.6. The SMILES string of the molecule is CCCCCOC1(c2ccccc2)CN(C)CCO1.